The molecule has 0 bridgehead atoms. The fourth-order valence-electron chi connectivity index (χ4n) is 2.95. The Labute approximate surface area is 169 Å². The molecule has 3 aromatic rings. The van der Waals surface area contributed by atoms with Crippen LogP contribution in [0.5, 0.6) is 5.75 Å². The highest BCUT2D eigenvalue weighted by atomic mass is 16.5. The molecule has 0 atom stereocenters. The summed E-state index contributed by atoms with van der Waals surface area (Å²) >= 11 is 0. The van der Waals surface area contributed by atoms with Gasteiger partial charge in [-0.1, -0.05) is 32.9 Å². The van der Waals surface area contributed by atoms with Crippen molar-refractivity contribution in [2.45, 2.75) is 39.2 Å². The van der Waals surface area contributed by atoms with Crippen LogP contribution < -0.4 is 15.6 Å². The van der Waals surface area contributed by atoms with Crippen LogP contribution in [0, 0.1) is 0 Å². The Hall–Kier alpha value is -3.16. The molecule has 1 amide bonds. The molecule has 8 heteroatoms. The quantitative estimate of drug-likeness (QED) is 0.616. The number of aryl methyl sites for hydroxylation is 2. The van der Waals surface area contributed by atoms with Gasteiger partial charge in [-0.15, -0.1) is 0 Å². The molecule has 8 nitrogen and oxygen atoms in total. The van der Waals surface area contributed by atoms with Crippen LogP contribution in [-0.2, 0) is 23.8 Å². The molecule has 3 rings (SSSR count). The number of amides is 1. The van der Waals surface area contributed by atoms with Crippen molar-refractivity contribution in [3.05, 3.63) is 52.7 Å². The van der Waals surface area contributed by atoms with Crippen molar-refractivity contribution in [1.82, 2.24) is 24.6 Å². The summed E-state index contributed by atoms with van der Waals surface area (Å²) in [6.45, 7) is 7.53. The van der Waals surface area contributed by atoms with Gasteiger partial charge >= 0.3 is 0 Å². The molecule has 1 aromatic carbocycles. The van der Waals surface area contributed by atoms with Crippen molar-refractivity contribution in [2.24, 2.45) is 7.05 Å². The molecule has 0 spiro atoms. The normalized spacial score (nSPS) is 11.6. The van der Waals surface area contributed by atoms with Crippen molar-refractivity contribution in [3.8, 4) is 5.75 Å². The van der Waals surface area contributed by atoms with Crippen LogP contribution in [0.2, 0.25) is 0 Å². The van der Waals surface area contributed by atoms with Gasteiger partial charge in [-0.25, -0.2) is 4.98 Å². The lowest BCUT2D eigenvalue weighted by atomic mass is 9.87. The molecule has 0 aliphatic heterocycles. The SMILES string of the molecule is Cn1ncc2c(=O)n(CCC(=O)NCCOc3ccc(C(C)(C)C)cc3)cnc21. The van der Waals surface area contributed by atoms with Crippen LogP contribution in [0.1, 0.15) is 32.8 Å². The van der Waals surface area contributed by atoms with Gasteiger partial charge in [0.2, 0.25) is 5.91 Å². The molecule has 0 fully saturated rings. The number of rotatable bonds is 7. The van der Waals surface area contributed by atoms with Gasteiger partial charge in [0.1, 0.15) is 17.7 Å². The number of aromatic nitrogens is 4. The van der Waals surface area contributed by atoms with Crippen molar-refractivity contribution in [2.75, 3.05) is 13.2 Å². The number of ether oxygens (including phenoxy) is 1. The van der Waals surface area contributed by atoms with Crippen LogP contribution in [-0.4, -0.2) is 38.4 Å². The Balaban J connectivity index is 1.43. The first kappa shape index (κ1) is 20.6. The molecule has 154 valence electrons. The van der Waals surface area contributed by atoms with Gasteiger partial charge < -0.3 is 10.1 Å². The molecule has 2 aromatic heterocycles. The second-order valence-electron chi connectivity index (χ2n) is 7.97. The van der Waals surface area contributed by atoms with Crippen molar-refractivity contribution < 1.29 is 9.53 Å². The Kier molecular flexibility index (Phi) is 6.00. The third-order valence-corrected chi connectivity index (χ3v) is 4.71. The molecule has 1 N–H and O–H groups in total. The summed E-state index contributed by atoms with van der Waals surface area (Å²) in [7, 11) is 1.73. The summed E-state index contributed by atoms with van der Waals surface area (Å²) < 4.78 is 8.64. The molecule has 2 heterocycles. The number of fused-ring (bicyclic) bond motifs is 1. The summed E-state index contributed by atoms with van der Waals surface area (Å²) in [6, 6.07) is 7.99. The zero-order valence-electron chi connectivity index (χ0n) is 17.3. The van der Waals surface area contributed by atoms with E-state index < -0.39 is 0 Å². The third kappa shape index (κ3) is 5.01. The molecule has 0 unspecified atom stereocenters. The monoisotopic (exact) mass is 397 g/mol. The van der Waals surface area contributed by atoms with Crippen LogP contribution in [0.15, 0.2) is 41.6 Å². The van der Waals surface area contributed by atoms with Crippen molar-refractivity contribution in [3.63, 3.8) is 0 Å². The Morgan fingerprint density at radius 3 is 2.62 bits per heavy atom. The molecule has 0 aliphatic rings. The van der Waals surface area contributed by atoms with Gasteiger partial charge in [0.25, 0.3) is 5.56 Å². The van der Waals surface area contributed by atoms with Gasteiger partial charge in [-0.2, -0.15) is 5.10 Å². The molecular weight excluding hydrogens is 370 g/mol. The van der Waals surface area contributed by atoms with Crippen molar-refractivity contribution in [1.29, 1.82) is 0 Å². The van der Waals surface area contributed by atoms with E-state index in [9.17, 15) is 9.59 Å². The predicted octanol–water partition coefficient (Wildman–Crippen LogP) is 2.01. The molecule has 0 radical (unpaired) electrons. The zero-order chi connectivity index (χ0) is 21.0. The first-order chi connectivity index (χ1) is 13.8. The summed E-state index contributed by atoms with van der Waals surface area (Å²) in [5.41, 5.74) is 1.68. The van der Waals surface area contributed by atoms with Crippen LogP contribution in [0.4, 0.5) is 0 Å². The molecule has 0 saturated carbocycles. The van der Waals surface area contributed by atoms with Gasteiger partial charge in [-0.05, 0) is 23.1 Å². The second-order valence-corrected chi connectivity index (χ2v) is 7.97. The van der Waals surface area contributed by atoms with E-state index in [1.165, 1.54) is 22.7 Å². The summed E-state index contributed by atoms with van der Waals surface area (Å²) in [4.78, 5) is 28.6. The number of carbonyl (C=O) groups is 1. The average Bonchev–Trinajstić information content (AvgIpc) is 3.06. The minimum Gasteiger partial charge on any atom is -0.492 e. The lowest BCUT2D eigenvalue weighted by molar-refractivity contribution is -0.121. The predicted molar refractivity (Wildman–Crippen MR) is 111 cm³/mol. The maximum absolute atomic E-state index is 12.4. The van der Waals surface area contributed by atoms with Crippen LogP contribution in [0.3, 0.4) is 0 Å². The number of nitrogens with one attached hydrogen (secondary N) is 1. The van der Waals surface area contributed by atoms with E-state index in [1.54, 1.807) is 11.7 Å². The van der Waals surface area contributed by atoms with Gasteiger partial charge in [0, 0.05) is 20.0 Å². The number of carbonyl (C=O) groups excluding carboxylic acids is 1. The van der Waals surface area contributed by atoms with E-state index in [0.29, 0.717) is 24.2 Å². The second kappa shape index (κ2) is 8.46. The number of nitrogens with zero attached hydrogens (tertiary/aromatic N) is 4. The molecule has 0 saturated heterocycles. The highest BCUT2D eigenvalue weighted by molar-refractivity contribution is 5.76. The maximum atomic E-state index is 12.4. The van der Waals surface area contributed by atoms with E-state index in [4.69, 9.17) is 4.74 Å². The van der Waals surface area contributed by atoms with E-state index in [0.717, 1.165) is 5.75 Å². The van der Waals surface area contributed by atoms with Gasteiger partial charge in [0.15, 0.2) is 5.65 Å². The Bertz CT molecular complexity index is 1040. The molecular formula is C21H27N5O3. The van der Waals surface area contributed by atoms with Gasteiger partial charge in [-0.3, -0.25) is 18.8 Å². The Morgan fingerprint density at radius 1 is 1.21 bits per heavy atom. The standard InChI is InChI=1S/C21H27N5O3/c1-21(2,3)15-5-7-16(8-6-15)29-12-10-22-18(27)9-11-26-14-23-19-17(20(26)28)13-24-25(19)4/h5-8,13-14H,9-12H2,1-4H3,(H,22,27). The summed E-state index contributed by atoms with van der Waals surface area (Å²) in [6.07, 6.45) is 3.13. The lowest BCUT2D eigenvalue weighted by Crippen LogP contribution is -2.30. The highest BCUT2D eigenvalue weighted by Gasteiger charge is 2.13. The smallest absolute Gasteiger partial charge is 0.264 e. The topological polar surface area (TPSA) is 91.0 Å². The fourth-order valence-corrected chi connectivity index (χ4v) is 2.95. The largest absolute Gasteiger partial charge is 0.492 e. The zero-order valence-corrected chi connectivity index (χ0v) is 17.3. The van der Waals surface area contributed by atoms with E-state index in [-0.39, 0.29) is 29.8 Å². The maximum Gasteiger partial charge on any atom is 0.264 e. The molecule has 0 aliphatic carbocycles. The van der Waals surface area contributed by atoms with Gasteiger partial charge in [0.05, 0.1) is 19.1 Å². The highest BCUT2D eigenvalue weighted by Crippen LogP contribution is 2.24. The minimum absolute atomic E-state index is 0.103. The summed E-state index contributed by atoms with van der Waals surface area (Å²) in [5.74, 6) is 0.629. The average molecular weight is 397 g/mol. The lowest BCUT2D eigenvalue weighted by Gasteiger charge is -2.19. The third-order valence-electron chi connectivity index (χ3n) is 4.71. The summed E-state index contributed by atoms with van der Waals surface area (Å²) in [5, 5.41) is 7.28. The minimum atomic E-state index is -0.196. The Morgan fingerprint density at radius 2 is 1.93 bits per heavy atom. The number of hydrogen-bond acceptors (Lipinski definition) is 5. The van der Waals surface area contributed by atoms with E-state index in [2.05, 4.69) is 48.3 Å². The molecule has 29 heavy (non-hydrogen) atoms. The van der Waals surface area contributed by atoms with Crippen molar-refractivity contribution >= 4 is 16.9 Å². The van der Waals surface area contributed by atoms with E-state index >= 15 is 0 Å². The number of hydrogen-bond donors (Lipinski definition) is 1. The van der Waals surface area contributed by atoms with Crippen LogP contribution >= 0.6 is 0 Å². The van der Waals surface area contributed by atoms with E-state index in [1.807, 2.05) is 12.1 Å². The first-order valence-corrected chi connectivity index (χ1v) is 9.63. The first-order valence-electron chi connectivity index (χ1n) is 9.63. The van der Waals surface area contributed by atoms with Crippen LogP contribution in [0.25, 0.3) is 11.0 Å². The fraction of sp³-hybridized carbons (Fsp3) is 0.429. The number of benzene rings is 1.